The Morgan fingerprint density at radius 2 is 1.69 bits per heavy atom. The number of nitrogens with zero attached hydrogens (tertiary/aromatic N) is 3. The molecule has 0 aromatic heterocycles. The van der Waals surface area contributed by atoms with Gasteiger partial charge >= 0.3 is 0 Å². The predicted octanol–water partition coefficient (Wildman–Crippen LogP) is 7.35. The predicted molar refractivity (Wildman–Crippen MR) is 231 cm³/mol. The van der Waals surface area contributed by atoms with Crippen LogP contribution in [-0.2, 0) is 14.3 Å². The number of rotatable bonds is 15. The van der Waals surface area contributed by atoms with Gasteiger partial charge in [0, 0.05) is 91.6 Å². The van der Waals surface area contributed by atoms with E-state index in [2.05, 4.69) is 62.7 Å². The second-order valence-electron chi connectivity index (χ2n) is 18.8. The number of benzene rings is 3. The van der Waals surface area contributed by atoms with Gasteiger partial charge in [-0.1, -0.05) is 27.7 Å². The molecule has 62 heavy (non-hydrogen) atoms. The van der Waals surface area contributed by atoms with E-state index < -0.39 is 17.8 Å². The maximum Gasteiger partial charge on any atom is 0.254 e. The number of morpholine rings is 1. The van der Waals surface area contributed by atoms with Gasteiger partial charge in [-0.05, 0) is 74.7 Å². The van der Waals surface area contributed by atoms with Gasteiger partial charge in [-0.25, -0.2) is 4.39 Å². The van der Waals surface area contributed by atoms with Crippen molar-refractivity contribution in [3.05, 3.63) is 83.2 Å². The number of methoxy groups -OCH3 is 1. The molecular formula is C49H59FN4O8. The first kappa shape index (κ1) is 44.7. The van der Waals surface area contributed by atoms with Gasteiger partial charge in [-0.2, -0.15) is 5.26 Å². The molecule has 0 unspecified atom stereocenters. The quantitative estimate of drug-likeness (QED) is 0.121. The Hall–Kier alpha value is -5.32. The van der Waals surface area contributed by atoms with Crippen molar-refractivity contribution in [2.24, 2.45) is 16.7 Å². The fourth-order valence-corrected chi connectivity index (χ4v) is 10.3. The van der Waals surface area contributed by atoms with Crippen LogP contribution in [-0.4, -0.2) is 97.9 Å². The van der Waals surface area contributed by atoms with Crippen LogP contribution in [0.5, 0.6) is 17.2 Å². The summed E-state index contributed by atoms with van der Waals surface area (Å²) in [5, 5.41) is 11.9. The molecule has 1 N–H and O–H groups in total. The number of hydrogen-bond donors (Lipinski definition) is 1. The lowest BCUT2D eigenvalue weighted by molar-refractivity contribution is -0.196. The number of carbonyl (C=O) groups is 4. The van der Waals surface area contributed by atoms with Gasteiger partial charge in [0.15, 0.2) is 11.6 Å². The van der Waals surface area contributed by atoms with Crippen molar-refractivity contribution in [1.29, 1.82) is 5.26 Å². The number of halogens is 1. The van der Waals surface area contributed by atoms with E-state index in [9.17, 15) is 24.4 Å². The topological polar surface area (TPSA) is 147 Å². The Morgan fingerprint density at radius 1 is 1.00 bits per heavy atom. The fourth-order valence-electron chi connectivity index (χ4n) is 10.3. The number of Topliss-reactive ketones (excluding diaryl/α,β-unsaturated/α-hetero) is 3. The highest BCUT2D eigenvalue weighted by atomic mass is 19.1. The summed E-state index contributed by atoms with van der Waals surface area (Å²) in [5.74, 6) is -0.262. The molecule has 12 nitrogen and oxygen atoms in total. The summed E-state index contributed by atoms with van der Waals surface area (Å²) in [5.41, 5.74) is 1.48. The van der Waals surface area contributed by atoms with Crippen LogP contribution in [0.2, 0.25) is 0 Å². The first-order valence-corrected chi connectivity index (χ1v) is 21.8. The first-order valence-electron chi connectivity index (χ1n) is 21.8. The molecule has 1 amide bonds. The summed E-state index contributed by atoms with van der Waals surface area (Å²) in [4.78, 5) is 54.9. The molecule has 1 aliphatic heterocycles. The maximum atomic E-state index is 15.0. The summed E-state index contributed by atoms with van der Waals surface area (Å²) in [6.07, 6.45) is 1.93. The van der Waals surface area contributed by atoms with Crippen molar-refractivity contribution in [2.75, 3.05) is 38.3 Å². The van der Waals surface area contributed by atoms with Crippen LogP contribution in [0.1, 0.15) is 106 Å². The van der Waals surface area contributed by atoms with E-state index in [-0.39, 0.29) is 89.3 Å². The summed E-state index contributed by atoms with van der Waals surface area (Å²) in [6.45, 7) is 15.8. The average molecular weight is 851 g/mol. The molecule has 13 heteroatoms. The minimum atomic E-state index is -0.785. The molecule has 4 aliphatic rings. The van der Waals surface area contributed by atoms with Crippen molar-refractivity contribution < 1.29 is 42.5 Å². The van der Waals surface area contributed by atoms with Crippen LogP contribution >= 0.6 is 0 Å². The SMILES string of the molecule is COc1cc(OC2C(C)(C)C(CC(=O)c3ccc(N4CCO[C@H](CN(C(C)C)C5CC(Oc6ccc(C(=O)N[C@H]7CCC(=O)CC7=O)c(F)c6)C5)C4)cc3)C2(C)C)ccc1C#N. The van der Waals surface area contributed by atoms with Crippen molar-refractivity contribution in [1.82, 2.24) is 10.2 Å². The largest absolute Gasteiger partial charge is 0.495 e. The van der Waals surface area contributed by atoms with Gasteiger partial charge in [0.25, 0.3) is 5.91 Å². The number of anilines is 1. The summed E-state index contributed by atoms with van der Waals surface area (Å²) in [6, 6.07) is 19.2. The molecule has 0 spiro atoms. The van der Waals surface area contributed by atoms with Crippen LogP contribution in [0.3, 0.4) is 0 Å². The summed E-state index contributed by atoms with van der Waals surface area (Å²) in [7, 11) is 1.54. The Balaban J connectivity index is 0.885. The molecular weight excluding hydrogens is 792 g/mol. The number of hydrogen-bond acceptors (Lipinski definition) is 11. The molecule has 3 aromatic carbocycles. The van der Waals surface area contributed by atoms with E-state index >= 15 is 4.39 Å². The summed E-state index contributed by atoms with van der Waals surface area (Å²) >= 11 is 0. The average Bonchev–Trinajstić information content (AvgIpc) is 3.23. The molecule has 0 bridgehead atoms. The number of ketones is 3. The molecule has 3 aliphatic carbocycles. The van der Waals surface area contributed by atoms with Gasteiger partial charge < -0.3 is 29.2 Å². The van der Waals surface area contributed by atoms with Crippen LogP contribution in [0, 0.1) is 33.9 Å². The van der Waals surface area contributed by atoms with Gasteiger partial charge in [-0.3, -0.25) is 24.1 Å². The number of nitrogens with one attached hydrogen (secondary N) is 1. The third-order valence-corrected chi connectivity index (χ3v) is 13.7. The number of ether oxygens (including phenoxy) is 4. The van der Waals surface area contributed by atoms with E-state index in [1.165, 1.54) is 19.2 Å². The standard InChI is InChI=1S/C49H59FN4O8/c1-29(2)54(33-20-37(21-33)61-35-15-16-39(40(50)23-35)46(58)52-41-17-13-34(55)22-43(41)57)28-38-27-53(18-19-60-38)32-11-8-30(9-12-32)42(56)25-45-48(3,4)47(49(45,5)6)62-36-14-10-31(26-51)44(24-36)59-7/h8-12,14-16,23-24,29,33,37-38,41,45,47H,13,17-22,25,27-28H2,1-7H3,(H,52,58)/t33?,37?,38-,41-,45?,47?/m0/s1. The molecule has 0 radical (unpaired) electrons. The first-order chi connectivity index (χ1) is 29.5. The number of amides is 1. The zero-order valence-electron chi connectivity index (χ0n) is 36.9. The van der Waals surface area contributed by atoms with Crippen molar-refractivity contribution in [2.45, 2.75) is 117 Å². The van der Waals surface area contributed by atoms with E-state index in [0.717, 1.165) is 31.6 Å². The summed E-state index contributed by atoms with van der Waals surface area (Å²) < 4.78 is 39.3. The van der Waals surface area contributed by atoms with E-state index in [1.54, 1.807) is 24.3 Å². The molecule has 3 saturated carbocycles. The number of carbonyl (C=O) groups excluding carboxylic acids is 4. The Labute approximate surface area is 364 Å². The zero-order chi connectivity index (χ0) is 44.5. The van der Waals surface area contributed by atoms with E-state index in [4.69, 9.17) is 18.9 Å². The van der Waals surface area contributed by atoms with Gasteiger partial charge in [0.1, 0.15) is 47.1 Å². The van der Waals surface area contributed by atoms with Crippen molar-refractivity contribution in [3.8, 4) is 23.3 Å². The van der Waals surface area contributed by atoms with Crippen LogP contribution in [0.4, 0.5) is 10.1 Å². The molecule has 2 atom stereocenters. The van der Waals surface area contributed by atoms with Gasteiger partial charge in [0.05, 0.1) is 43.4 Å². The second kappa shape index (κ2) is 18.2. The molecule has 3 aromatic rings. The van der Waals surface area contributed by atoms with Crippen molar-refractivity contribution >= 4 is 28.9 Å². The smallest absolute Gasteiger partial charge is 0.254 e. The highest BCUT2D eigenvalue weighted by molar-refractivity contribution is 6.06. The Bertz CT molecular complexity index is 2200. The highest BCUT2D eigenvalue weighted by Crippen LogP contribution is 2.62. The lowest BCUT2D eigenvalue weighted by Gasteiger charge is -2.63. The normalized spacial score (nSPS) is 25.3. The molecule has 330 valence electrons. The van der Waals surface area contributed by atoms with Crippen LogP contribution < -0.4 is 24.4 Å². The lowest BCUT2D eigenvalue weighted by Crippen LogP contribution is -2.66. The molecule has 7 rings (SSSR count). The number of nitriles is 1. The zero-order valence-corrected chi connectivity index (χ0v) is 36.9. The Morgan fingerprint density at radius 3 is 2.34 bits per heavy atom. The minimum Gasteiger partial charge on any atom is -0.495 e. The molecule has 1 heterocycles. The third-order valence-electron chi connectivity index (χ3n) is 13.7. The van der Waals surface area contributed by atoms with Crippen LogP contribution in [0.15, 0.2) is 60.7 Å². The maximum absolute atomic E-state index is 15.0. The highest BCUT2D eigenvalue weighted by Gasteiger charge is 2.63. The fraction of sp³-hybridized carbons (Fsp3) is 0.531. The van der Waals surface area contributed by atoms with Crippen LogP contribution in [0.25, 0.3) is 0 Å². The van der Waals surface area contributed by atoms with Gasteiger partial charge in [0.2, 0.25) is 0 Å². The monoisotopic (exact) mass is 850 g/mol. The van der Waals surface area contributed by atoms with E-state index in [1.807, 2.05) is 24.3 Å². The third kappa shape index (κ3) is 9.37. The van der Waals surface area contributed by atoms with E-state index in [0.29, 0.717) is 47.9 Å². The van der Waals surface area contributed by atoms with Gasteiger partial charge in [-0.15, -0.1) is 0 Å². The molecule has 4 fully saturated rings. The Kier molecular flexibility index (Phi) is 13.1. The second-order valence-corrected chi connectivity index (χ2v) is 18.8. The van der Waals surface area contributed by atoms with Crippen molar-refractivity contribution in [3.63, 3.8) is 0 Å². The minimum absolute atomic E-state index is 0.0202. The molecule has 1 saturated heterocycles. The lowest BCUT2D eigenvalue weighted by atomic mass is 9.44.